The molecule has 2 N–H and O–H groups in total. The number of hydrogen-bond acceptors (Lipinski definition) is 4. The molecule has 4 rings (SSSR count). The van der Waals surface area contributed by atoms with E-state index in [0.717, 1.165) is 24.3 Å². The summed E-state index contributed by atoms with van der Waals surface area (Å²) in [6.45, 7) is 9.07. The Morgan fingerprint density at radius 3 is 2.34 bits per heavy atom. The van der Waals surface area contributed by atoms with Crippen LogP contribution in [0.25, 0.3) is 0 Å². The van der Waals surface area contributed by atoms with E-state index < -0.39 is 0 Å². The maximum Gasteiger partial charge on any atom is 0.233 e. The van der Waals surface area contributed by atoms with Gasteiger partial charge in [-0.05, 0) is 48.8 Å². The van der Waals surface area contributed by atoms with Gasteiger partial charge in [-0.25, -0.2) is 4.99 Å². The second-order valence-electron chi connectivity index (χ2n) is 9.30. The Morgan fingerprint density at radius 2 is 1.75 bits per heavy atom. The van der Waals surface area contributed by atoms with Crippen molar-refractivity contribution in [3.05, 3.63) is 42.0 Å². The van der Waals surface area contributed by atoms with Crippen LogP contribution < -0.4 is 15.4 Å². The molecular formula is C25H34N4O3. The molecule has 2 fully saturated rings. The van der Waals surface area contributed by atoms with E-state index in [0.29, 0.717) is 38.1 Å². The molecule has 3 aliphatic rings. The Balaban J connectivity index is 1.28. The predicted molar refractivity (Wildman–Crippen MR) is 124 cm³/mol. The van der Waals surface area contributed by atoms with E-state index >= 15 is 0 Å². The summed E-state index contributed by atoms with van der Waals surface area (Å²) in [4.78, 5) is 31.7. The number of hydrogen-bond donors (Lipinski definition) is 2. The molecule has 1 heterocycles. The molecule has 7 nitrogen and oxygen atoms in total. The summed E-state index contributed by atoms with van der Waals surface area (Å²) in [6.07, 6.45) is 5.20. The van der Waals surface area contributed by atoms with E-state index in [1.54, 1.807) is 0 Å². The van der Waals surface area contributed by atoms with Crippen molar-refractivity contribution in [2.75, 3.05) is 26.2 Å². The zero-order valence-corrected chi connectivity index (χ0v) is 19.2. The summed E-state index contributed by atoms with van der Waals surface area (Å²) >= 11 is 0. The third-order valence-corrected chi connectivity index (χ3v) is 6.46. The molecule has 0 radical (unpaired) electrons. The summed E-state index contributed by atoms with van der Waals surface area (Å²) in [7, 11) is 0. The Labute approximate surface area is 190 Å². The monoisotopic (exact) mass is 438 g/mol. The van der Waals surface area contributed by atoms with Crippen LogP contribution in [0.4, 0.5) is 0 Å². The molecule has 32 heavy (non-hydrogen) atoms. The van der Waals surface area contributed by atoms with E-state index in [9.17, 15) is 9.59 Å². The predicted octanol–water partition coefficient (Wildman–Crippen LogP) is 2.58. The van der Waals surface area contributed by atoms with Crippen LogP contribution in [0, 0.1) is 29.6 Å². The molecule has 7 heteroatoms. The first-order chi connectivity index (χ1) is 15.5. The summed E-state index contributed by atoms with van der Waals surface area (Å²) in [5.41, 5.74) is 1.08. The van der Waals surface area contributed by atoms with Gasteiger partial charge in [-0.3, -0.25) is 14.5 Å². The zero-order chi connectivity index (χ0) is 22.7. The van der Waals surface area contributed by atoms with Crippen molar-refractivity contribution >= 4 is 17.8 Å². The number of carbonyl (C=O) groups excluding carboxylic acids is 2. The number of likely N-dealkylation sites (tertiary alicyclic amines) is 1. The second-order valence-corrected chi connectivity index (χ2v) is 9.30. The van der Waals surface area contributed by atoms with Crippen molar-refractivity contribution in [3.63, 3.8) is 0 Å². The number of nitrogens with one attached hydrogen (secondary N) is 2. The number of aliphatic imine (C=N–C) groups is 1. The first-order valence-electron chi connectivity index (χ1n) is 11.8. The number of allylic oxidation sites excluding steroid dienone is 2. The van der Waals surface area contributed by atoms with Crippen molar-refractivity contribution in [3.8, 4) is 5.75 Å². The van der Waals surface area contributed by atoms with Crippen molar-refractivity contribution in [1.29, 1.82) is 0 Å². The van der Waals surface area contributed by atoms with Crippen molar-refractivity contribution in [1.82, 2.24) is 15.5 Å². The van der Waals surface area contributed by atoms with Crippen LogP contribution in [0.1, 0.15) is 32.8 Å². The molecular weight excluding hydrogens is 404 g/mol. The fraction of sp³-hybridized carbons (Fsp3) is 0.560. The summed E-state index contributed by atoms with van der Waals surface area (Å²) in [5.74, 6) is 2.27. The number of carbonyl (C=O) groups is 2. The summed E-state index contributed by atoms with van der Waals surface area (Å²) in [6, 6.07) is 7.98. The lowest BCUT2D eigenvalue weighted by atomic mass is 9.85. The maximum atomic E-state index is 12.8. The normalized spacial score (nSPS) is 26.2. The van der Waals surface area contributed by atoms with Gasteiger partial charge in [0.05, 0.1) is 25.0 Å². The van der Waals surface area contributed by atoms with Crippen LogP contribution in [0.3, 0.4) is 0 Å². The molecule has 2 amide bonds. The van der Waals surface area contributed by atoms with Crippen molar-refractivity contribution in [2.45, 2.75) is 33.7 Å². The van der Waals surface area contributed by atoms with Gasteiger partial charge in [0.15, 0.2) is 5.96 Å². The highest BCUT2D eigenvalue weighted by Crippen LogP contribution is 2.52. The van der Waals surface area contributed by atoms with Gasteiger partial charge in [0.2, 0.25) is 11.8 Å². The van der Waals surface area contributed by atoms with Crippen LogP contribution in [-0.2, 0) is 16.1 Å². The third-order valence-electron chi connectivity index (χ3n) is 6.46. The quantitative estimate of drug-likeness (QED) is 0.268. The SMILES string of the molecule is CCNC(=NCc1ccc(OCC(C)C)cc1)NCCN1C(=O)C2C3C=CC(C3)C2C1=O. The molecule has 0 spiro atoms. The highest BCUT2D eigenvalue weighted by Gasteiger charge is 2.58. The maximum absolute atomic E-state index is 12.8. The molecule has 4 atom stereocenters. The van der Waals surface area contributed by atoms with Gasteiger partial charge >= 0.3 is 0 Å². The Hall–Kier alpha value is -2.83. The van der Waals surface area contributed by atoms with Gasteiger partial charge in [0, 0.05) is 19.6 Å². The van der Waals surface area contributed by atoms with Crippen molar-refractivity contribution in [2.24, 2.45) is 34.6 Å². The molecule has 2 bridgehead atoms. The number of rotatable bonds is 9. The van der Waals surface area contributed by atoms with E-state index in [1.165, 1.54) is 4.90 Å². The van der Waals surface area contributed by atoms with Crippen LogP contribution in [0.2, 0.25) is 0 Å². The standard InChI is InChI=1S/C25H34N4O3/c1-4-26-25(28-14-17-5-9-20(10-6-17)32-15-16(2)3)27-11-12-29-23(30)21-18-7-8-19(13-18)22(21)24(29)31/h5-10,16,18-19,21-22H,4,11-15H2,1-3H3,(H2,26,27,28). The van der Waals surface area contributed by atoms with Crippen molar-refractivity contribution < 1.29 is 14.3 Å². The molecule has 1 saturated carbocycles. The minimum absolute atomic E-state index is 0.000338. The summed E-state index contributed by atoms with van der Waals surface area (Å²) in [5, 5.41) is 6.48. The number of guanidine groups is 1. The first-order valence-corrected chi connectivity index (χ1v) is 11.8. The Kier molecular flexibility index (Phi) is 6.82. The Bertz CT molecular complexity index is 863. The molecule has 1 saturated heterocycles. The average molecular weight is 439 g/mol. The fourth-order valence-electron chi connectivity index (χ4n) is 4.94. The van der Waals surface area contributed by atoms with Crippen LogP contribution in [-0.4, -0.2) is 48.9 Å². The molecule has 172 valence electrons. The van der Waals surface area contributed by atoms with Crippen LogP contribution in [0.15, 0.2) is 41.4 Å². The van der Waals surface area contributed by atoms with Gasteiger partial charge in [0.25, 0.3) is 0 Å². The number of nitrogens with zero attached hydrogens (tertiary/aromatic N) is 2. The van der Waals surface area contributed by atoms with Gasteiger partial charge in [-0.1, -0.05) is 38.1 Å². The van der Waals surface area contributed by atoms with Gasteiger partial charge in [-0.15, -0.1) is 0 Å². The van der Waals surface area contributed by atoms with E-state index in [1.807, 2.05) is 31.2 Å². The van der Waals surface area contributed by atoms with E-state index in [-0.39, 0.29) is 35.5 Å². The molecule has 2 aliphatic carbocycles. The third kappa shape index (κ3) is 4.66. The highest BCUT2D eigenvalue weighted by molar-refractivity contribution is 6.06. The smallest absolute Gasteiger partial charge is 0.233 e. The minimum Gasteiger partial charge on any atom is -0.493 e. The topological polar surface area (TPSA) is 83.0 Å². The number of fused-ring (bicyclic) bond motifs is 5. The fourth-order valence-corrected chi connectivity index (χ4v) is 4.94. The van der Waals surface area contributed by atoms with Crippen LogP contribution in [0.5, 0.6) is 5.75 Å². The molecule has 1 aromatic rings. The summed E-state index contributed by atoms with van der Waals surface area (Å²) < 4.78 is 5.73. The molecule has 4 unspecified atom stereocenters. The van der Waals surface area contributed by atoms with Gasteiger partial charge < -0.3 is 15.4 Å². The zero-order valence-electron chi connectivity index (χ0n) is 19.2. The molecule has 0 aromatic heterocycles. The number of benzene rings is 1. The number of amides is 2. The minimum atomic E-state index is -0.133. The van der Waals surface area contributed by atoms with Crippen LogP contribution >= 0.6 is 0 Å². The molecule has 1 aromatic carbocycles. The van der Waals surface area contributed by atoms with Gasteiger partial charge in [-0.2, -0.15) is 0 Å². The highest BCUT2D eigenvalue weighted by atomic mass is 16.5. The van der Waals surface area contributed by atoms with E-state index in [2.05, 4.69) is 41.6 Å². The second kappa shape index (κ2) is 9.76. The lowest BCUT2D eigenvalue weighted by Crippen LogP contribution is -2.43. The first kappa shape index (κ1) is 22.4. The molecule has 1 aliphatic heterocycles. The number of ether oxygens (including phenoxy) is 1. The average Bonchev–Trinajstić information content (AvgIpc) is 3.46. The van der Waals surface area contributed by atoms with Gasteiger partial charge in [0.1, 0.15) is 5.75 Å². The Morgan fingerprint density at radius 1 is 1.09 bits per heavy atom. The largest absolute Gasteiger partial charge is 0.493 e. The number of imide groups is 1. The lowest BCUT2D eigenvalue weighted by molar-refractivity contribution is -0.140. The lowest BCUT2D eigenvalue weighted by Gasteiger charge is -2.18. The van der Waals surface area contributed by atoms with E-state index in [4.69, 9.17) is 4.74 Å².